The average molecular weight is 194 g/mol. The van der Waals surface area contributed by atoms with Gasteiger partial charge in [-0.1, -0.05) is 19.3 Å². The Balaban J connectivity index is 2.86. The van der Waals surface area contributed by atoms with Gasteiger partial charge < -0.3 is 0 Å². The van der Waals surface area contributed by atoms with E-state index in [-0.39, 0.29) is 11.5 Å². The Labute approximate surface area is 78.3 Å². The van der Waals surface area contributed by atoms with Gasteiger partial charge in [0.2, 0.25) is 6.54 Å². The van der Waals surface area contributed by atoms with E-state index >= 15 is 0 Å². The van der Waals surface area contributed by atoms with Crippen molar-refractivity contribution in [2.75, 3.05) is 12.4 Å². The topological polar surface area (TPSA) is 43.1 Å². The van der Waals surface area contributed by atoms with Crippen molar-refractivity contribution in [2.45, 2.75) is 38.5 Å². The Morgan fingerprint density at radius 2 is 1.50 bits per heavy atom. The molecule has 3 nitrogen and oxygen atoms in total. The molecule has 0 unspecified atom stereocenters. The molecule has 0 spiro atoms. The maximum atomic E-state index is 9.92. The quantitative estimate of drug-likeness (QED) is 0.258. The maximum absolute atomic E-state index is 9.92. The van der Waals surface area contributed by atoms with Crippen molar-refractivity contribution in [3.8, 4) is 0 Å². The molecule has 0 aromatic heterocycles. The minimum absolute atomic E-state index is 0.121. The van der Waals surface area contributed by atoms with E-state index in [0.717, 1.165) is 38.0 Å². The summed E-state index contributed by atoms with van der Waals surface area (Å²) in [5, 5.41) is 9.92. The van der Waals surface area contributed by atoms with Gasteiger partial charge in [0, 0.05) is 17.2 Å². The second-order valence-corrected chi connectivity index (χ2v) is 3.24. The molecule has 0 fully saturated rings. The van der Waals surface area contributed by atoms with Crippen LogP contribution in [0.1, 0.15) is 38.5 Å². The van der Waals surface area contributed by atoms with Crippen LogP contribution in [0.4, 0.5) is 0 Å². The normalized spacial score (nSPS) is 10.1. The molecule has 0 radical (unpaired) electrons. The van der Waals surface area contributed by atoms with Crippen LogP contribution in [0.2, 0.25) is 0 Å². The van der Waals surface area contributed by atoms with Crippen LogP contribution in [-0.2, 0) is 0 Å². The molecule has 12 heavy (non-hydrogen) atoms. The zero-order valence-electron chi connectivity index (χ0n) is 7.30. The highest BCUT2D eigenvalue weighted by Gasteiger charge is 1.96. The van der Waals surface area contributed by atoms with E-state index in [1.807, 2.05) is 0 Å². The molecule has 0 aliphatic rings. The molecule has 0 bridgehead atoms. The highest BCUT2D eigenvalue weighted by Crippen LogP contribution is 2.05. The first-order valence-corrected chi connectivity index (χ1v) is 4.98. The van der Waals surface area contributed by atoms with Crippen LogP contribution in [0.15, 0.2) is 0 Å². The molecule has 0 aliphatic heterocycles. The summed E-state index contributed by atoms with van der Waals surface area (Å²) in [6.45, 7) is 0.121. The predicted octanol–water partition coefficient (Wildman–Crippen LogP) is 2.84. The van der Waals surface area contributed by atoms with Gasteiger partial charge >= 0.3 is 0 Å². The second kappa shape index (κ2) is 8.78. The van der Waals surface area contributed by atoms with Crippen molar-refractivity contribution < 1.29 is 4.92 Å². The number of hydrogen-bond acceptors (Lipinski definition) is 2. The lowest BCUT2D eigenvalue weighted by Crippen LogP contribution is -1.99. The fourth-order valence-electron chi connectivity index (χ4n) is 1.04. The van der Waals surface area contributed by atoms with Gasteiger partial charge in [0.1, 0.15) is 0 Å². The monoisotopic (exact) mass is 193 g/mol. The van der Waals surface area contributed by atoms with Gasteiger partial charge in [0.25, 0.3) is 0 Å². The van der Waals surface area contributed by atoms with Crippen molar-refractivity contribution in [2.24, 2.45) is 0 Å². The van der Waals surface area contributed by atoms with Crippen LogP contribution in [0.25, 0.3) is 0 Å². The van der Waals surface area contributed by atoms with E-state index < -0.39 is 0 Å². The number of unbranched alkanes of at least 4 members (excludes halogenated alkanes) is 5. The third-order valence-corrected chi connectivity index (χ3v) is 1.99. The van der Waals surface area contributed by atoms with Gasteiger partial charge in [-0.2, -0.15) is 0 Å². The summed E-state index contributed by atoms with van der Waals surface area (Å²) < 4.78 is 0. The zero-order chi connectivity index (χ0) is 9.23. The molecule has 0 atom stereocenters. The Bertz CT molecular complexity index is 120. The Hall–Kier alpha value is -0.310. The second-order valence-electron chi connectivity index (χ2n) is 2.87. The van der Waals surface area contributed by atoms with Crippen molar-refractivity contribution in [1.82, 2.24) is 0 Å². The summed E-state index contributed by atoms with van der Waals surface area (Å²) >= 11 is 5.49. The van der Waals surface area contributed by atoms with E-state index in [9.17, 15) is 10.1 Å². The number of nitro groups is 1. The summed E-state index contributed by atoms with van der Waals surface area (Å²) in [5.41, 5.74) is 0. The van der Waals surface area contributed by atoms with Crippen molar-refractivity contribution in [1.29, 1.82) is 0 Å². The molecular weight excluding hydrogens is 178 g/mol. The van der Waals surface area contributed by atoms with Crippen LogP contribution < -0.4 is 0 Å². The number of rotatable bonds is 8. The molecule has 0 aromatic rings. The smallest absolute Gasteiger partial charge is 0.203 e. The fourth-order valence-corrected chi connectivity index (χ4v) is 1.23. The van der Waals surface area contributed by atoms with E-state index in [4.69, 9.17) is 11.6 Å². The third-order valence-electron chi connectivity index (χ3n) is 1.72. The summed E-state index contributed by atoms with van der Waals surface area (Å²) in [4.78, 5) is 9.67. The lowest BCUT2D eigenvalue weighted by molar-refractivity contribution is -0.480. The highest BCUT2D eigenvalue weighted by molar-refractivity contribution is 6.17. The summed E-state index contributed by atoms with van der Waals surface area (Å²) in [7, 11) is 0. The summed E-state index contributed by atoms with van der Waals surface area (Å²) in [5.74, 6) is 0.731. The van der Waals surface area contributed by atoms with Gasteiger partial charge in [-0.25, -0.2) is 0 Å². The van der Waals surface area contributed by atoms with Crippen molar-refractivity contribution in [3.63, 3.8) is 0 Å². The first kappa shape index (κ1) is 11.7. The minimum Gasteiger partial charge on any atom is -0.265 e. The van der Waals surface area contributed by atoms with Gasteiger partial charge in [-0.15, -0.1) is 11.6 Å². The largest absolute Gasteiger partial charge is 0.265 e. The molecular formula is C8H16ClNO2. The lowest BCUT2D eigenvalue weighted by atomic mass is 10.1. The van der Waals surface area contributed by atoms with Gasteiger partial charge in [0.05, 0.1) is 0 Å². The van der Waals surface area contributed by atoms with Crippen LogP contribution in [0, 0.1) is 10.1 Å². The molecule has 0 aromatic carbocycles. The minimum atomic E-state index is -0.251. The zero-order valence-corrected chi connectivity index (χ0v) is 8.05. The summed E-state index contributed by atoms with van der Waals surface area (Å²) in [6.07, 6.45) is 6.17. The number of hydrogen-bond donors (Lipinski definition) is 0. The number of halogens is 1. The van der Waals surface area contributed by atoms with Crippen LogP contribution >= 0.6 is 11.6 Å². The highest BCUT2D eigenvalue weighted by atomic mass is 35.5. The van der Waals surface area contributed by atoms with Crippen molar-refractivity contribution >= 4 is 11.6 Å². The molecule has 72 valence electrons. The SMILES string of the molecule is O=[N+]([O-])CCCCCCCCCl. The van der Waals surface area contributed by atoms with E-state index in [1.54, 1.807) is 0 Å². The van der Waals surface area contributed by atoms with Gasteiger partial charge in [-0.05, 0) is 12.8 Å². The van der Waals surface area contributed by atoms with Crippen LogP contribution in [0.3, 0.4) is 0 Å². The fraction of sp³-hybridized carbons (Fsp3) is 1.00. The molecule has 0 heterocycles. The number of alkyl halides is 1. The van der Waals surface area contributed by atoms with E-state index in [1.165, 1.54) is 0 Å². The molecule has 0 saturated carbocycles. The van der Waals surface area contributed by atoms with Gasteiger partial charge in [0.15, 0.2) is 0 Å². The Kier molecular flexibility index (Phi) is 8.56. The molecule has 0 saturated heterocycles. The molecule has 0 rings (SSSR count). The first-order valence-electron chi connectivity index (χ1n) is 4.45. The first-order chi connectivity index (χ1) is 5.77. The Morgan fingerprint density at radius 3 is 2.00 bits per heavy atom. The van der Waals surface area contributed by atoms with Gasteiger partial charge in [-0.3, -0.25) is 10.1 Å². The van der Waals surface area contributed by atoms with Crippen LogP contribution in [-0.4, -0.2) is 17.3 Å². The maximum Gasteiger partial charge on any atom is 0.203 e. The average Bonchev–Trinajstić information content (AvgIpc) is 2.02. The Morgan fingerprint density at radius 1 is 1.00 bits per heavy atom. The third kappa shape index (κ3) is 9.69. The van der Waals surface area contributed by atoms with Crippen LogP contribution in [0.5, 0.6) is 0 Å². The lowest BCUT2D eigenvalue weighted by Gasteiger charge is -1.97. The molecule has 0 N–H and O–H groups in total. The molecule has 0 aliphatic carbocycles. The molecule has 0 amide bonds. The van der Waals surface area contributed by atoms with E-state index in [2.05, 4.69) is 0 Å². The van der Waals surface area contributed by atoms with E-state index in [0.29, 0.717) is 6.42 Å². The predicted molar refractivity (Wildman–Crippen MR) is 50.3 cm³/mol. The van der Waals surface area contributed by atoms with Crippen molar-refractivity contribution in [3.05, 3.63) is 10.1 Å². The standard InChI is InChI=1S/C8H16ClNO2/c9-7-5-3-1-2-4-6-8-10(11)12/h1-8H2. The molecule has 4 heteroatoms. The number of nitrogens with zero attached hydrogens (tertiary/aromatic N) is 1. The summed E-state index contributed by atoms with van der Waals surface area (Å²) in [6, 6.07) is 0.